The number of carbonyl (C=O) groups excluding carboxylic acids is 1. The first-order valence-electron chi connectivity index (χ1n) is 7.83. The number of benzene rings is 1. The normalized spacial score (nSPS) is 17.0. The summed E-state index contributed by atoms with van der Waals surface area (Å²) in [6, 6.07) is 5.90. The van der Waals surface area contributed by atoms with Crippen LogP contribution in [0.3, 0.4) is 0 Å². The van der Waals surface area contributed by atoms with Gasteiger partial charge in [-0.15, -0.1) is 0 Å². The van der Waals surface area contributed by atoms with Gasteiger partial charge in [-0.1, -0.05) is 13.8 Å². The smallest absolute Gasteiger partial charge is 0.269 e. The molecule has 0 aromatic heterocycles. The Hall–Kier alpha value is -1.99. The van der Waals surface area contributed by atoms with Gasteiger partial charge < -0.3 is 10.1 Å². The molecule has 0 spiro atoms. The number of nitrogens with one attached hydrogen (secondary N) is 1. The van der Waals surface area contributed by atoms with Crippen molar-refractivity contribution in [3.8, 4) is 0 Å². The average molecular weight is 321 g/mol. The lowest BCUT2D eigenvalue weighted by Crippen LogP contribution is -2.51. The van der Waals surface area contributed by atoms with Crippen LogP contribution in [0.15, 0.2) is 24.3 Å². The Morgan fingerprint density at radius 2 is 1.91 bits per heavy atom. The summed E-state index contributed by atoms with van der Waals surface area (Å²) in [5, 5.41) is 13.6. The van der Waals surface area contributed by atoms with E-state index in [1.807, 2.05) is 0 Å². The summed E-state index contributed by atoms with van der Waals surface area (Å²) in [7, 11) is 0. The molecule has 1 amide bonds. The Kier molecular flexibility index (Phi) is 6.06. The molecule has 1 N–H and O–H groups in total. The fourth-order valence-corrected chi connectivity index (χ4v) is 2.73. The molecule has 0 unspecified atom stereocenters. The molecular formula is C16H23N3O4. The minimum absolute atomic E-state index is 0.0186. The quantitative estimate of drug-likeness (QED) is 0.636. The Balaban J connectivity index is 1.94. The van der Waals surface area contributed by atoms with Crippen molar-refractivity contribution in [2.75, 3.05) is 32.8 Å². The van der Waals surface area contributed by atoms with Gasteiger partial charge in [0.1, 0.15) is 0 Å². The van der Waals surface area contributed by atoms with E-state index >= 15 is 0 Å². The molecule has 126 valence electrons. The molecule has 0 aliphatic carbocycles. The summed E-state index contributed by atoms with van der Waals surface area (Å²) in [4.78, 5) is 24.7. The molecule has 1 aliphatic rings. The molecule has 1 aliphatic heterocycles. The monoisotopic (exact) mass is 321 g/mol. The van der Waals surface area contributed by atoms with E-state index in [0.717, 1.165) is 26.3 Å². The number of ether oxygens (including phenoxy) is 1. The van der Waals surface area contributed by atoms with Gasteiger partial charge in [-0.2, -0.15) is 0 Å². The van der Waals surface area contributed by atoms with Gasteiger partial charge >= 0.3 is 0 Å². The number of amides is 1. The molecule has 1 atom stereocenters. The number of nitro benzene ring substituents is 1. The van der Waals surface area contributed by atoms with E-state index in [2.05, 4.69) is 24.1 Å². The predicted molar refractivity (Wildman–Crippen MR) is 86.4 cm³/mol. The Labute approximate surface area is 135 Å². The molecule has 1 heterocycles. The highest BCUT2D eigenvalue weighted by Crippen LogP contribution is 2.14. The van der Waals surface area contributed by atoms with Crippen LogP contribution in [0.1, 0.15) is 24.2 Å². The highest BCUT2D eigenvalue weighted by Gasteiger charge is 2.24. The van der Waals surface area contributed by atoms with Crippen LogP contribution in [-0.4, -0.2) is 54.6 Å². The fourth-order valence-electron chi connectivity index (χ4n) is 2.73. The summed E-state index contributed by atoms with van der Waals surface area (Å²) in [6.07, 6.45) is 0. The highest BCUT2D eigenvalue weighted by atomic mass is 16.6. The Morgan fingerprint density at radius 1 is 1.30 bits per heavy atom. The van der Waals surface area contributed by atoms with E-state index in [4.69, 9.17) is 4.74 Å². The van der Waals surface area contributed by atoms with Crippen molar-refractivity contribution >= 4 is 11.6 Å². The average Bonchev–Trinajstić information content (AvgIpc) is 2.55. The first-order valence-corrected chi connectivity index (χ1v) is 7.83. The van der Waals surface area contributed by atoms with Crippen molar-refractivity contribution in [1.82, 2.24) is 10.2 Å². The Morgan fingerprint density at radius 3 is 2.43 bits per heavy atom. The number of nitro groups is 1. The van der Waals surface area contributed by atoms with Crippen molar-refractivity contribution in [2.24, 2.45) is 5.92 Å². The van der Waals surface area contributed by atoms with Gasteiger partial charge in [-0.25, -0.2) is 0 Å². The minimum atomic E-state index is -0.477. The van der Waals surface area contributed by atoms with Gasteiger partial charge in [0.15, 0.2) is 0 Å². The third-order valence-corrected chi connectivity index (χ3v) is 4.10. The highest BCUT2D eigenvalue weighted by molar-refractivity contribution is 5.94. The van der Waals surface area contributed by atoms with Gasteiger partial charge in [-0.05, 0) is 18.1 Å². The maximum absolute atomic E-state index is 12.2. The number of nitrogens with zero attached hydrogens (tertiary/aromatic N) is 2. The molecule has 1 fully saturated rings. The van der Waals surface area contributed by atoms with Crippen LogP contribution in [0.2, 0.25) is 0 Å². The van der Waals surface area contributed by atoms with Crippen molar-refractivity contribution < 1.29 is 14.5 Å². The van der Waals surface area contributed by atoms with Crippen molar-refractivity contribution in [3.05, 3.63) is 39.9 Å². The number of rotatable bonds is 6. The summed E-state index contributed by atoms with van der Waals surface area (Å²) in [5.41, 5.74) is 0.412. The first kappa shape index (κ1) is 17.4. The molecule has 1 aromatic carbocycles. The van der Waals surface area contributed by atoms with Crippen LogP contribution < -0.4 is 5.32 Å². The fraction of sp³-hybridized carbons (Fsp3) is 0.562. The summed E-state index contributed by atoms with van der Waals surface area (Å²) < 4.78 is 5.37. The molecular weight excluding hydrogens is 298 g/mol. The molecule has 0 radical (unpaired) electrons. The van der Waals surface area contributed by atoms with Gasteiger partial charge in [0.25, 0.3) is 11.6 Å². The maximum Gasteiger partial charge on any atom is 0.269 e. The van der Waals surface area contributed by atoms with Crippen molar-refractivity contribution in [3.63, 3.8) is 0 Å². The van der Waals surface area contributed by atoms with Crippen LogP contribution in [0.5, 0.6) is 0 Å². The zero-order valence-electron chi connectivity index (χ0n) is 13.5. The van der Waals surface area contributed by atoms with E-state index in [9.17, 15) is 14.9 Å². The third kappa shape index (κ3) is 4.74. The predicted octanol–water partition coefficient (Wildman–Crippen LogP) is 1.68. The molecule has 1 aromatic rings. The SMILES string of the molecule is CC(C)[C@H](CNC(=O)c1ccc([N+](=O)[O-])cc1)N1CCOCC1. The maximum atomic E-state index is 12.2. The Bertz CT molecular complexity index is 539. The van der Waals surface area contributed by atoms with Crippen LogP contribution in [0.25, 0.3) is 0 Å². The van der Waals surface area contributed by atoms with Gasteiger partial charge in [0.2, 0.25) is 0 Å². The number of hydrogen-bond acceptors (Lipinski definition) is 5. The van der Waals surface area contributed by atoms with Crippen LogP contribution >= 0.6 is 0 Å². The minimum Gasteiger partial charge on any atom is -0.379 e. The van der Waals surface area contributed by atoms with Crippen molar-refractivity contribution in [1.29, 1.82) is 0 Å². The lowest BCUT2D eigenvalue weighted by molar-refractivity contribution is -0.384. The van der Waals surface area contributed by atoms with Gasteiger partial charge in [0.05, 0.1) is 18.1 Å². The molecule has 2 rings (SSSR count). The standard InChI is InChI=1S/C16H23N3O4/c1-12(2)15(18-7-9-23-10-8-18)11-17-16(20)13-3-5-14(6-4-13)19(21)22/h3-6,12,15H,7-11H2,1-2H3,(H,17,20)/t15-/m0/s1. The summed E-state index contributed by atoms with van der Waals surface area (Å²) in [6.45, 7) is 8.01. The van der Waals surface area contributed by atoms with Crippen molar-refractivity contribution in [2.45, 2.75) is 19.9 Å². The second-order valence-electron chi connectivity index (χ2n) is 5.97. The molecule has 0 saturated carbocycles. The summed E-state index contributed by atoms with van der Waals surface area (Å²) >= 11 is 0. The number of carbonyl (C=O) groups is 1. The van der Waals surface area contributed by atoms with Crippen LogP contribution in [-0.2, 0) is 4.74 Å². The van der Waals surface area contributed by atoms with Crippen LogP contribution in [0, 0.1) is 16.0 Å². The van der Waals surface area contributed by atoms with E-state index in [1.54, 1.807) is 0 Å². The summed E-state index contributed by atoms with van der Waals surface area (Å²) in [5.74, 6) is 0.198. The van der Waals surface area contributed by atoms with E-state index < -0.39 is 4.92 Å². The lowest BCUT2D eigenvalue weighted by Gasteiger charge is -2.36. The van der Waals surface area contributed by atoms with Gasteiger partial charge in [0, 0.05) is 43.4 Å². The lowest BCUT2D eigenvalue weighted by atomic mass is 10.0. The molecule has 0 bridgehead atoms. The topological polar surface area (TPSA) is 84.7 Å². The van der Waals surface area contributed by atoms with E-state index in [1.165, 1.54) is 24.3 Å². The zero-order valence-corrected chi connectivity index (χ0v) is 13.5. The molecule has 23 heavy (non-hydrogen) atoms. The molecule has 7 heteroatoms. The third-order valence-electron chi connectivity index (χ3n) is 4.10. The van der Waals surface area contributed by atoms with E-state index in [0.29, 0.717) is 18.0 Å². The number of non-ortho nitro benzene ring substituents is 1. The number of hydrogen-bond donors (Lipinski definition) is 1. The number of morpholine rings is 1. The molecule has 7 nitrogen and oxygen atoms in total. The van der Waals surface area contributed by atoms with Crippen LogP contribution in [0.4, 0.5) is 5.69 Å². The molecule has 1 saturated heterocycles. The van der Waals surface area contributed by atoms with Gasteiger partial charge in [-0.3, -0.25) is 19.8 Å². The second-order valence-corrected chi connectivity index (χ2v) is 5.97. The van der Waals surface area contributed by atoms with E-state index in [-0.39, 0.29) is 17.6 Å². The first-order chi connectivity index (χ1) is 11.0. The zero-order chi connectivity index (χ0) is 16.8. The largest absolute Gasteiger partial charge is 0.379 e. The second kappa shape index (κ2) is 8.03.